The summed E-state index contributed by atoms with van der Waals surface area (Å²) < 4.78 is 13.1. The molecular weight excluding hydrogens is 237 g/mol. The van der Waals surface area contributed by atoms with Crippen molar-refractivity contribution in [3.63, 3.8) is 0 Å². The fourth-order valence-electron chi connectivity index (χ4n) is 2.02. The van der Waals surface area contributed by atoms with E-state index in [2.05, 4.69) is 0 Å². The maximum absolute atomic E-state index is 13.1. The van der Waals surface area contributed by atoms with Crippen LogP contribution in [0.5, 0.6) is 5.75 Å². The van der Waals surface area contributed by atoms with Crippen LogP contribution in [-0.4, -0.2) is 34.2 Å². The summed E-state index contributed by atoms with van der Waals surface area (Å²) in [5, 5.41) is 18.1. The first kappa shape index (κ1) is 12.8. The minimum atomic E-state index is -0.892. The van der Waals surface area contributed by atoms with E-state index in [0.29, 0.717) is 24.6 Å². The van der Waals surface area contributed by atoms with Gasteiger partial charge in [-0.1, -0.05) is 0 Å². The van der Waals surface area contributed by atoms with Gasteiger partial charge >= 0.3 is 5.97 Å². The highest BCUT2D eigenvalue weighted by Gasteiger charge is 2.25. The van der Waals surface area contributed by atoms with Gasteiger partial charge in [-0.3, -0.25) is 9.69 Å². The highest BCUT2D eigenvalue weighted by Crippen LogP contribution is 2.30. The van der Waals surface area contributed by atoms with Crippen LogP contribution in [0.3, 0.4) is 0 Å². The Morgan fingerprint density at radius 3 is 2.67 bits per heavy atom. The van der Waals surface area contributed by atoms with E-state index in [1.165, 1.54) is 12.1 Å². The molecule has 0 aliphatic heterocycles. The summed E-state index contributed by atoms with van der Waals surface area (Å²) in [4.78, 5) is 12.5. The van der Waals surface area contributed by atoms with Crippen molar-refractivity contribution in [3.05, 3.63) is 29.6 Å². The molecule has 1 aliphatic rings. The molecule has 1 aromatic rings. The highest BCUT2D eigenvalue weighted by atomic mass is 19.1. The van der Waals surface area contributed by atoms with Gasteiger partial charge in [-0.15, -0.1) is 0 Å². The van der Waals surface area contributed by atoms with Gasteiger partial charge in [0, 0.05) is 19.2 Å². The molecule has 0 saturated heterocycles. The van der Waals surface area contributed by atoms with E-state index in [-0.39, 0.29) is 12.3 Å². The average Bonchev–Trinajstić information content (AvgIpc) is 2.98. The standard InChI is InChI=1S/C13H16FNO3/c14-11-3-10(4-12(16)5-11)7-15(8-13(17)18)6-9-1-2-9/h3-5,9,16H,1-2,6-8H2,(H,17,18). The van der Waals surface area contributed by atoms with Gasteiger partial charge in [-0.2, -0.15) is 0 Å². The Balaban J connectivity index is 2.03. The van der Waals surface area contributed by atoms with Gasteiger partial charge in [0.2, 0.25) is 0 Å². The normalized spacial score (nSPS) is 15.0. The smallest absolute Gasteiger partial charge is 0.317 e. The van der Waals surface area contributed by atoms with Crippen LogP contribution < -0.4 is 0 Å². The summed E-state index contributed by atoms with van der Waals surface area (Å²) >= 11 is 0. The van der Waals surface area contributed by atoms with Crippen LogP contribution in [-0.2, 0) is 11.3 Å². The summed E-state index contributed by atoms with van der Waals surface area (Å²) in [7, 11) is 0. The second-order valence-electron chi connectivity index (χ2n) is 4.82. The van der Waals surface area contributed by atoms with Crippen molar-refractivity contribution >= 4 is 5.97 Å². The van der Waals surface area contributed by atoms with Gasteiger partial charge < -0.3 is 10.2 Å². The van der Waals surface area contributed by atoms with Crippen molar-refractivity contribution in [2.75, 3.05) is 13.1 Å². The second-order valence-corrected chi connectivity index (χ2v) is 4.82. The Kier molecular flexibility index (Phi) is 3.81. The average molecular weight is 253 g/mol. The zero-order chi connectivity index (χ0) is 13.1. The Labute approximate surface area is 105 Å². The first-order valence-electron chi connectivity index (χ1n) is 5.95. The van der Waals surface area contributed by atoms with Crippen molar-refractivity contribution in [1.29, 1.82) is 0 Å². The maximum atomic E-state index is 13.1. The number of rotatable bonds is 6. The van der Waals surface area contributed by atoms with Crippen LogP contribution in [0.25, 0.3) is 0 Å². The Morgan fingerprint density at radius 1 is 1.39 bits per heavy atom. The number of halogens is 1. The molecule has 0 unspecified atom stereocenters. The molecule has 0 heterocycles. The Bertz CT molecular complexity index is 426. The van der Waals surface area contributed by atoms with Gasteiger partial charge in [-0.05, 0) is 36.5 Å². The summed E-state index contributed by atoms with van der Waals surface area (Å²) in [6, 6.07) is 3.82. The number of hydrogen-bond donors (Lipinski definition) is 2. The molecule has 4 nitrogen and oxygen atoms in total. The molecule has 0 radical (unpaired) electrons. The number of aliphatic carboxylic acids is 1. The number of nitrogens with zero attached hydrogens (tertiary/aromatic N) is 1. The number of carboxylic acid groups (broad SMARTS) is 1. The second kappa shape index (κ2) is 5.35. The number of phenols is 1. The Morgan fingerprint density at radius 2 is 2.11 bits per heavy atom. The third-order valence-corrected chi connectivity index (χ3v) is 2.92. The fourth-order valence-corrected chi connectivity index (χ4v) is 2.02. The van der Waals surface area contributed by atoms with Crippen molar-refractivity contribution in [1.82, 2.24) is 4.90 Å². The molecule has 1 saturated carbocycles. The monoisotopic (exact) mass is 253 g/mol. The number of benzene rings is 1. The van der Waals surface area contributed by atoms with E-state index in [1.807, 2.05) is 0 Å². The van der Waals surface area contributed by atoms with Gasteiger partial charge in [0.1, 0.15) is 11.6 Å². The Hall–Kier alpha value is -1.62. The van der Waals surface area contributed by atoms with E-state index in [9.17, 15) is 14.3 Å². The van der Waals surface area contributed by atoms with E-state index in [1.54, 1.807) is 4.90 Å². The van der Waals surface area contributed by atoms with E-state index in [4.69, 9.17) is 5.11 Å². The van der Waals surface area contributed by atoms with Gasteiger partial charge in [0.25, 0.3) is 0 Å². The summed E-state index contributed by atoms with van der Waals surface area (Å²) in [5.74, 6) is -0.971. The van der Waals surface area contributed by atoms with Crippen molar-refractivity contribution < 1.29 is 19.4 Å². The summed E-state index contributed by atoms with van der Waals surface area (Å²) in [6.07, 6.45) is 2.26. The van der Waals surface area contributed by atoms with E-state index in [0.717, 1.165) is 18.9 Å². The fraction of sp³-hybridized carbons (Fsp3) is 0.462. The third-order valence-electron chi connectivity index (χ3n) is 2.92. The van der Waals surface area contributed by atoms with Crippen LogP contribution in [0.2, 0.25) is 0 Å². The molecule has 1 fully saturated rings. The SMILES string of the molecule is O=C(O)CN(Cc1cc(O)cc(F)c1)CC1CC1. The van der Waals surface area contributed by atoms with Crippen molar-refractivity contribution in [2.24, 2.45) is 5.92 Å². The quantitative estimate of drug-likeness (QED) is 0.812. The minimum absolute atomic E-state index is 0.0617. The maximum Gasteiger partial charge on any atom is 0.317 e. The van der Waals surface area contributed by atoms with Gasteiger partial charge in [0.15, 0.2) is 0 Å². The lowest BCUT2D eigenvalue weighted by Gasteiger charge is -2.20. The molecule has 2 N–H and O–H groups in total. The molecule has 1 aliphatic carbocycles. The van der Waals surface area contributed by atoms with Gasteiger partial charge in [0.05, 0.1) is 6.54 Å². The molecular formula is C13H16FNO3. The minimum Gasteiger partial charge on any atom is -0.508 e. The highest BCUT2D eigenvalue weighted by molar-refractivity contribution is 5.69. The lowest BCUT2D eigenvalue weighted by atomic mass is 10.2. The first-order chi connectivity index (χ1) is 8.52. The van der Waals surface area contributed by atoms with Crippen LogP contribution >= 0.6 is 0 Å². The number of carbonyl (C=O) groups is 1. The van der Waals surface area contributed by atoms with Crippen LogP contribution in [0.4, 0.5) is 4.39 Å². The first-order valence-corrected chi connectivity index (χ1v) is 5.95. The zero-order valence-electron chi connectivity index (χ0n) is 9.97. The molecule has 5 heteroatoms. The molecule has 98 valence electrons. The predicted molar refractivity (Wildman–Crippen MR) is 63.7 cm³/mol. The molecule has 0 bridgehead atoms. The lowest BCUT2D eigenvalue weighted by molar-refractivity contribution is -0.138. The molecule has 0 atom stereocenters. The van der Waals surface area contributed by atoms with Crippen LogP contribution in [0.1, 0.15) is 18.4 Å². The molecule has 1 aromatic carbocycles. The largest absolute Gasteiger partial charge is 0.508 e. The van der Waals surface area contributed by atoms with Crippen LogP contribution in [0.15, 0.2) is 18.2 Å². The predicted octanol–water partition coefficient (Wildman–Crippen LogP) is 1.83. The van der Waals surface area contributed by atoms with E-state index >= 15 is 0 Å². The van der Waals surface area contributed by atoms with Crippen LogP contribution in [0, 0.1) is 11.7 Å². The van der Waals surface area contributed by atoms with Crippen molar-refractivity contribution in [2.45, 2.75) is 19.4 Å². The molecule has 18 heavy (non-hydrogen) atoms. The number of carboxylic acids is 1. The lowest BCUT2D eigenvalue weighted by Crippen LogP contribution is -2.31. The molecule has 0 spiro atoms. The third kappa shape index (κ3) is 4.00. The molecule has 2 rings (SSSR count). The van der Waals surface area contributed by atoms with E-state index < -0.39 is 11.8 Å². The number of hydrogen-bond acceptors (Lipinski definition) is 3. The molecule has 0 amide bonds. The summed E-state index contributed by atoms with van der Waals surface area (Å²) in [5.41, 5.74) is 0.592. The topological polar surface area (TPSA) is 60.8 Å². The summed E-state index contributed by atoms with van der Waals surface area (Å²) in [6.45, 7) is 0.992. The molecule has 0 aromatic heterocycles. The van der Waals surface area contributed by atoms with Crippen molar-refractivity contribution in [3.8, 4) is 5.75 Å². The number of phenolic OH excluding ortho intramolecular Hbond substituents is 1. The number of aromatic hydroxyl groups is 1. The zero-order valence-corrected chi connectivity index (χ0v) is 9.97. The van der Waals surface area contributed by atoms with Gasteiger partial charge in [-0.25, -0.2) is 4.39 Å².